The van der Waals surface area contributed by atoms with E-state index in [9.17, 15) is 14.4 Å². The fraction of sp³-hybridized carbons (Fsp3) is 0.231. The largest absolute Gasteiger partial charge is 0.467 e. The van der Waals surface area contributed by atoms with Crippen molar-refractivity contribution in [1.29, 1.82) is 0 Å². The first-order valence-electron chi connectivity index (χ1n) is 10.7. The highest BCUT2D eigenvalue weighted by atomic mass is 16.5. The van der Waals surface area contributed by atoms with Crippen LogP contribution in [0.2, 0.25) is 0 Å². The van der Waals surface area contributed by atoms with E-state index < -0.39 is 24.5 Å². The van der Waals surface area contributed by atoms with Crippen molar-refractivity contribution in [3.05, 3.63) is 95.4 Å². The maximum Gasteiger partial charge on any atom is 0.306 e. The first-order valence-corrected chi connectivity index (χ1v) is 10.7. The van der Waals surface area contributed by atoms with Crippen LogP contribution in [0.1, 0.15) is 52.5 Å². The summed E-state index contributed by atoms with van der Waals surface area (Å²) < 4.78 is 10.7. The average Bonchev–Trinajstić information content (AvgIpc) is 3.52. The zero-order valence-electron chi connectivity index (χ0n) is 18.3. The Balaban J connectivity index is 1.37. The second-order valence-corrected chi connectivity index (χ2v) is 7.84. The van der Waals surface area contributed by atoms with Crippen LogP contribution in [0.25, 0.3) is 0 Å². The molecule has 7 nitrogen and oxygen atoms in total. The monoisotopic (exact) mass is 444 g/mol. The number of benzene rings is 2. The lowest BCUT2D eigenvalue weighted by Gasteiger charge is -2.19. The number of hydrogen-bond donors (Lipinski definition) is 0. The van der Waals surface area contributed by atoms with Gasteiger partial charge in [0, 0.05) is 18.4 Å². The molecule has 2 heterocycles. The summed E-state index contributed by atoms with van der Waals surface area (Å²) in [7, 11) is 0. The molecule has 1 atom stereocenters. The molecule has 1 aliphatic heterocycles. The first-order chi connectivity index (χ1) is 16.0. The predicted octanol–water partition coefficient (Wildman–Crippen LogP) is 4.47. The van der Waals surface area contributed by atoms with E-state index in [0.29, 0.717) is 17.7 Å². The topological polar surface area (TPSA) is 89.2 Å². The smallest absolute Gasteiger partial charge is 0.306 e. The second kappa shape index (κ2) is 10.1. The number of Topliss-reactive ketones (excluding diaryl/α,β-unsaturated/α-hetero) is 1. The minimum atomic E-state index is -0.607. The minimum Gasteiger partial charge on any atom is -0.467 e. The highest BCUT2D eigenvalue weighted by Gasteiger charge is 2.35. The van der Waals surface area contributed by atoms with Crippen LogP contribution < -0.4 is 0 Å². The molecule has 0 N–H and O–H groups in total. The number of rotatable bonds is 8. The normalized spacial score (nSPS) is 15.2. The van der Waals surface area contributed by atoms with E-state index in [2.05, 4.69) is 5.10 Å². The van der Waals surface area contributed by atoms with Gasteiger partial charge >= 0.3 is 5.97 Å². The third kappa shape index (κ3) is 5.44. The predicted molar refractivity (Wildman–Crippen MR) is 122 cm³/mol. The van der Waals surface area contributed by atoms with Crippen LogP contribution in [0.4, 0.5) is 0 Å². The number of amides is 1. The molecule has 0 saturated carbocycles. The van der Waals surface area contributed by atoms with E-state index in [0.717, 1.165) is 16.8 Å². The standard InChI is InChI=1S/C26H24N2O5/c1-18-9-11-19(12-10-18)21-16-22(24-8-5-15-32-24)28(27-21)25(30)17-33-26(31)14-13-23(29)20-6-3-2-4-7-20/h2-12,15,22H,13-14,16-17H2,1H3. The molecule has 3 aromatic rings. The molecule has 168 valence electrons. The Labute approximate surface area is 191 Å². The Morgan fingerprint density at radius 3 is 2.45 bits per heavy atom. The van der Waals surface area contributed by atoms with Gasteiger partial charge in [-0.3, -0.25) is 14.4 Å². The van der Waals surface area contributed by atoms with Crippen molar-refractivity contribution in [2.75, 3.05) is 6.61 Å². The van der Waals surface area contributed by atoms with E-state index >= 15 is 0 Å². The summed E-state index contributed by atoms with van der Waals surface area (Å²) in [4.78, 5) is 37.2. The molecule has 0 spiro atoms. The molecule has 0 radical (unpaired) electrons. The number of carbonyl (C=O) groups excluding carboxylic acids is 3. The van der Waals surface area contributed by atoms with E-state index in [-0.39, 0.29) is 18.6 Å². The van der Waals surface area contributed by atoms with Gasteiger partial charge < -0.3 is 9.15 Å². The molecule has 1 unspecified atom stereocenters. The molecule has 7 heteroatoms. The average molecular weight is 444 g/mol. The van der Waals surface area contributed by atoms with Crippen LogP contribution in [-0.2, 0) is 14.3 Å². The Morgan fingerprint density at radius 2 is 1.76 bits per heavy atom. The molecule has 4 rings (SSSR count). The van der Waals surface area contributed by atoms with Gasteiger partial charge in [0.15, 0.2) is 12.4 Å². The Kier molecular flexibility index (Phi) is 6.78. The number of esters is 1. The molecular formula is C26H24N2O5. The summed E-state index contributed by atoms with van der Waals surface area (Å²) in [5.41, 5.74) is 3.34. The van der Waals surface area contributed by atoms with Crippen molar-refractivity contribution in [2.24, 2.45) is 5.10 Å². The zero-order valence-corrected chi connectivity index (χ0v) is 18.3. The number of hydrazone groups is 1. The summed E-state index contributed by atoms with van der Waals surface area (Å²) in [6.45, 7) is 1.55. The first kappa shape index (κ1) is 22.2. The van der Waals surface area contributed by atoms with Crippen molar-refractivity contribution in [2.45, 2.75) is 32.2 Å². The molecule has 1 aromatic heterocycles. The lowest BCUT2D eigenvalue weighted by molar-refractivity contribution is -0.152. The highest BCUT2D eigenvalue weighted by Crippen LogP contribution is 2.33. The molecule has 2 aromatic carbocycles. The number of ether oxygens (including phenoxy) is 1. The van der Waals surface area contributed by atoms with Crippen LogP contribution in [0.5, 0.6) is 0 Å². The molecule has 1 amide bonds. The summed E-state index contributed by atoms with van der Waals surface area (Å²) in [5.74, 6) is -0.608. The number of carbonyl (C=O) groups is 3. The van der Waals surface area contributed by atoms with Crippen molar-refractivity contribution in [1.82, 2.24) is 5.01 Å². The minimum absolute atomic E-state index is 0.0193. The van der Waals surface area contributed by atoms with Crippen LogP contribution in [0, 0.1) is 6.92 Å². The second-order valence-electron chi connectivity index (χ2n) is 7.84. The molecule has 33 heavy (non-hydrogen) atoms. The van der Waals surface area contributed by atoms with Gasteiger partial charge in [0.05, 0.1) is 18.4 Å². The Hall–Kier alpha value is -4.00. The lowest BCUT2D eigenvalue weighted by Crippen LogP contribution is -2.31. The molecule has 0 bridgehead atoms. The maximum atomic E-state index is 12.9. The fourth-order valence-corrected chi connectivity index (χ4v) is 3.63. The van der Waals surface area contributed by atoms with Gasteiger partial charge in [-0.05, 0) is 24.6 Å². The fourth-order valence-electron chi connectivity index (χ4n) is 3.63. The van der Waals surface area contributed by atoms with Gasteiger partial charge in [-0.2, -0.15) is 5.10 Å². The van der Waals surface area contributed by atoms with Gasteiger partial charge in [-0.25, -0.2) is 5.01 Å². The number of hydrogen-bond acceptors (Lipinski definition) is 6. The molecular weight excluding hydrogens is 420 g/mol. The van der Waals surface area contributed by atoms with E-state index in [1.54, 1.807) is 42.7 Å². The van der Waals surface area contributed by atoms with Crippen LogP contribution in [0.15, 0.2) is 82.5 Å². The van der Waals surface area contributed by atoms with Gasteiger partial charge in [0.25, 0.3) is 5.91 Å². The number of nitrogens with zero attached hydrogens (tertiary/aromatic N) is 2. The quantitative estimate of drug-likeness (QED) is 0.378. The van der Waals surface area contributed by atoms with E-state index in [1.807, 2.05) is 37.3 Å². The van der Waals surface area contributed by atoms with Crippen molar-refractivity contribution >= 4 is 23.4 Å². The van der Waals surface area contributed by atoms with Crippen molar-refractivity contribution in [3.63, 3.8) is 0 Å². The van der Waals surface area contributed by atoms with E-state index in [1.165, 1.54) is 5.01 Å². The number of ketones is 1. The SMILES string of the molecule is Cc1ccc(C2=NN(C(=O)COC(=O)CCC(=O)c3ccccc3)C(c3ccco3)C2)cc1. The van der Waals surface area contributed by atoms with Gasteiger partial charge in [0.2, 0.25) is 0 Å². The highest BCUT2D eigenvalue weighted by molar-refractivity contribution is 6.03. The van der Waals surface area contributed by atoms with Gasteiger partial charge in [-0.1, -0.05) is 60.2 Å². The summed E-state index contributed by atoms with van der Waals surface area (Å²) in [6.07, 6.45) is 1.96. The number of aryl methyl sites for hydroxylation is 1. The molecule has 0 saturated heterocycles. The van der Waals surface area contributed by atoms with Crippen LogP contribution in [-0.4, -0.2) is 35.0 Å². The van der Waals surface area contributed by atoms with Gasteiger partial charge in [0.1, 0.15) is 11.8 Å². The zero-order chi connectivity index (χ0) is 23.2. The van der Waals surface area contributed by atoms with Crippen molar-refractivity contribution < 1.29 is 23.5 Å². The number of furan rings is 1. The van der Waals surface area contributed by atoms with Crippen LogP contribution in [0.3, 0.4) is 0 Å². The molecule has 0 aliphatic carbocycles. The van der Waals surface area contributed by atoms with Crippen molar-refractivity contribution in [3.8, 4) is 0 Å². The summed E-state index contributed by atoms with van der Waals surface area (Å²) in [5, 5.41) is 5.83. The van der Waals surface area contributed by atoms with E-state index in [4.69, 9.17) is 9.15 Å². The summed E-state index contributed by atoms with van der Waals surface area (Å²) in [6, 6.07) is 19.8. The summed E-state index contributed by atoms with van der Waals surface area (Å²) >= 11 is 0. The Morgan fingerprint density at radius 1 is 1.00 bits per heavy atom. The third-order valence-corrected chi connectivity index (χ3v) is 5.43. The Bertz CT molecular complexity index is 1150. The lowest BCUT2D eigenvalue weighted by atomic mass is 10.0. The third-order valence-electron chi connectivity index (χ3n) is 5.43. The molecule has 1 aliphatic rings. The van der Waals surface area contributed by atoms with Gasteiger partial charge in [-0.15, -0.1) is 0 Å². The maximum absolute atomic E-state index is 12.9. The van der Waals surface area contributed by atoms with Crippen LogP contribution >= 0.6 is 0 Å². The molecule has 0 fully saturated rings.